The highest BCUT2D eigenvalue weighted by Gasteiger charge is 2.12. The van der Waals surface area contributed by atoms with Crippen molar-refractivity contribution in [2.75, 3.05) is 0 Å². The van der Waals surface area contributed by atoms with Gasteiger partial charge in [0.05, 0.1) is 0 Å². The molecule has 0 aliphatic carbocycles. The minimum absolute atomic E-state index is 0.150. The van der Waals surface area contributed by atoms with Crippen molar-refractivity contribution >= 4 is 46.0 Å². The topological polar surface area (TPSA) is 46.2 Å². The van der Waals surface area contributed by atoms with Gasteiger partial charge in [-0.05, 0) is 6.92 Å². The number of carbonyl (C=O) groups excluding carboxylic acids is 2. The number of ketones is 1. The fraction of sp³-hybridized carbons (Fsp3) is 0.429. The molecular formula is C7H9NO2S2. The molecule has 0 bridgehead atoms. The van der Waals surface area contributed by atoms with E-state index in [1.165, 1.54) is 0 Å². The second-order valence-corrected chi connectivity index (χ2v) is 3.14. The molecule has 5 heteroatoms. The van der Waals surface area contributed by atoms with Crippen LogP contribution in [0.2, 0.25) is 0 Å². The van der Waals surface area contributed by atoms with Gasteiger partial charge in [0.15, 0.2) is 0 Å². The molecule has 0 atom stereocenters. The highest BCUT2D eigenvalue weighted by molar-refractivity contribution is 7.89. The fourth-order valence-electron chi connectivity index (χ4n) is 0.421. The lowest BCUT2D eigenvalue weighted by molar-refractivity contribution is -0.136. The Hall–Kier alpha value is -0.680. The second kappa shape index (κ2) is 5.05. The van der Waals surface area contributed by atoms with Crippen molar-refractivity contribution < 1.29 is 9.59 Å². The average molecular weight is 203 g/mol. The molecule has 66 valence electrons. The van der Waals surface area contributed by atoms with Crippen LogP contribution in [0, 0.1) is 0 Å². The standard InChI is InChI=1S/C7H9NO2S2/c1-3-5(9)6(10)8-7(12)4(2)11/h3H2,1-2H3,(H,8,10,12). The maximum atomic E-state index is 10.9. The lowest BCUT2D eigenvalue weighted by Gasteiger charge is -2.01. The molecule has 0 aliphatic rings. The Bertz CT molecular complexity index is 248. The summed E-state index contributed by atoms with van der Waals surface area (Å²) in [5.74, 6) is -1.18. The molecule has 0 fully saturated rings. The molecule has 0 saturated heterocycles. The number of amides is 1. The van der Waals surface area contributed by atoms with E-state index in [4.69, 9.17) is 24.4 Å². The number of thiocarbonyl (C=S) groups is 2. The van der Waals surface area contributed by atoms with E-state index in [9.17, 15) is 9.59 Å². The summed E-state index contributed by atoms with van der Waals surface area (Å²) in [6.07, 6.45) is 0.172. The molecule has 0 aromatic carbocycles. The van der Waals surface area contributed by atoms with Gasteiger partial charge in [0.25, 0.3) is 5.91 Å². The minimum atomic E-state index is -0.688. The third-order valence-electron chi connectivity index (χ3n) is 1.12. The zero-order chi connectivity index (χ0) is 9.72. The van der Waals surface area contributed by atoms with E-state index in [1.54, 1.807) is 13.8 Å². The fourth-order valence-corrected chi connectivity index (χ4v) is 0.565. The second-order valence-electron chi connectivity index (χ2n) is 2.12. The predicted octanol–water partition coefficient (Wildman–Crippen LogP) is 0.799. The van der Waals surface area contributed by atoms with E-state index in [1.807, 2.05) is 0 Å². The molecular weight excluding hydrogens is 194 g/mol. The zero-order valence-corrected chi connectivity index (χ0v) is 8.47. The van der Waals surface area contributed by atoms with Crippen LogP contribution in [0.3, 0.4) is 0 Å². The molecule has 0 aromatic heterocycles. The lowest BCUT2D eigenvalue weighted by atomic mass is 10.3. The Balaban J connectivity index is 4.11. The molecule has 0 aliphatic heterocycles. The lowest BCUT2D eigenvalue weighted by Crippen LogP contribution is -2.37. The van der Waals surface area contributed by atoms with Crippen LogP contribution in [-0.4, -0.2) is 21.5 Å². The molecule has 12 heavy (non-hydrogen) atoms. The number of hydrogen-bond acceptors (Lipinski definition) is 4. The molecule has 0 heterocycles. The first-order chi connectivity index (χ1) is 5.49. The van der Waals surface area contributed by atoms with Crippen molar-refractivity contribution in [2.45, 2.75) is 20.3 Å². The molecule has 0 aromatic rings. The Morgan fingerprint density at radius 1 is 1.33 bits per heavy atom. The summed E-state index contributed by atoms with van der Waals surface area (Å²) in [6.45, 7) is 3.20. The zero-order valence-electron chi connectivity index (χ0n) is 6.84. The van der Waals surface area contributed by atoms with Gasteiger partial charge in [0.2, 0.25) is 5.78 Å². The van der Waals surface area contributed by atoms with Crippen molar-refractivity contribution in [3.8, 4) is 0 Å². The molecule has 3 nitrogen and oxygen atoms in total. The van der Waals surface area contributed by atoms with E-state index < -0.39 is 11.7 Å². The molecule has 0 rings (SSSR count). The summed E-state index contributed by atoms with van der Waals surface area (Å²) in [6, 6.07) is 0. The Labute approximate surface area is 81.5 Å². The van der Waals surface area contributed by atoms with Crippen LogP contribution in [0.25, 0.3) is 0 Å². The van der Waals surface area contributed by atoms with Crippen LogP contribution in [0.5, 0.6) is 0 Å². The SMILES string of the molecule is CCC(=O)C(=O)NC(=S)C(C)=S. The third-order valence-corrected chi connectivity index (χ3v) is 1.86. The first-order valence-electron chi connectivity index (χ1n) is 3.38. The molecule has 1 N–H and O–H groups in total. The van der Waals surface area contributed by atoms with Gasteiger partial charge in [-0.2, -0.15) is 0 Å². The Morgan fingerprint density at radius 2 is 1.83 bits per heavy atom. The molecule has 1 amide bonds. The van der Waals surface area contributed by atoms with Crippen LogP contribution in [-0.2, 0) is 9.59 Å². The third kappa shape index (κ3) is 3.64. The summed E-state index contributed by atoms with van der Waals surface area (Å²) in [5, 5.41) is 2.23. The van der Waals surface area contributed by atoms with Crippen LogP contribution in [0.15, 0.2) is 0 Å². The van der Waals surface area contributed by atoms with Gasteiger partial charge < -0.3 is 5.32 Å². The number of carbonyl (C=O) groups is 2. The van der Waals surface area contributed by atoms with Crippen molar-refractivity contribution in [1.82, 2.24) is 5.32 Å². The van der Waals surface area contributed by atoms with E-state index in [-0.39, 0.29) is 11.4 Å². The normalized spacial score (nSPS) is 8.83. The Kier molecular flexibility index (Phi) is 4.77. The summed E-state index contributed by atoms with van der Waals surface area (Å²) in [5.41, 5.74) is 0. The molecule has 0 saturated carbocycles. The summed E-state index contributed by atoms with van der Waals surface area (Å²) < 4.78 is 0. The van der Waals surface area contributed by atoms with Gasteiger partial charge in [0.1, 0.15) is 4.99 Å². The average Bonchev–Trinajstić information content (AvgIpc) is 2.02. The number of Topliss-reactive ketones (excluding diaryl/α,β-unsaturated/α-hetero) is 1. The van der Waals surface area contributed by atoms with Crippen LogP contribution < -0.4 is 5.32 Å². The van der Waals surface area contributed by atoms with Crippen molar-refractivity contribution in [1.29, 1.82) is 0 Å². The Morgan fingerprint density at radius 3 is 2.17 bits per heavy atom. The highest BCUT2D eigenvalue weighted by atomic mass is 32.1. The maximum absolute atomic E-state index is 10.9. The number of hydrogen-bond donors (Lipinski definition) is 1. The summed E-state index contributed by atoms with van der Waals surface area (Å²) in [7, 11) is 0. The van der Waals surface area contributed by atoms with Gasteiger partial charge in [-0.1, -0.05) is 31.4 Å². The molecule has 0 radical (unpaired) electrons. The van der Waals surface area contributed by atoms with Crippen molar-refractivity contribution in [3.63, 3.8) is 0 Å². The van der Waals surface area contributed by atoms with Gasteiger partial charge in [0, 0.05) is 11.3 Å². The quantitative estimate of drug-likeness (QED) is 0.544. The first kappa shape index (κ1) is 11.3. The monoisotopic (exact) mass is 203 g/mol. The first-order valence-corrected chi connectivity index (χ1v) is 4.19. The maximum Gasteiger partial charge on any atom is 0.292 e. The summed E-state index contributed by atoms with van der Waals surface area (Å²) in [4.78, 5) is 22.2. The van der Waals surface area contributed by atoms with Crippen molar-refractivity contribution in [3.05, 3.63) is 0 Å². The van der Waals surface area contributed by atoms with Gasteiger partial charge in [-0.25, -0.2) is 0 Å². The smallest absolute Gasteiger partial charge is 0.292 e. The number of rotatable bonds is 3. The van der Waals surface area contributed by atoms with Crippen LogP contribution >= 0.6 is 24.4 Å². The van der Waals surface area contributed by atoms with Crippen molar-refractivity contribution in [2.24, 2.45) is 0 Å². The van der Waals surface area contributed by atoms with E-state index >= 15 is 0 Å². The molecule has 0 spiro atoms. The van der Waals surface area contributed by atoms with Crippen LogP contribution in [0.4, 0.5) is 0 Å². The van der Waals surface area contributed by atoms with Gasteiger partial charge in [-0.3, -0.25) is 9.59 Å². The highest BCUT2D eigenvalue weighted by Crippen LogP contribution is 1.84. The van der Waals surface area contributed by atoms with Crippen LogP contribution in [0.1, 0.15) is 20.3 Å². The summed E-state index contributed by atoms with van der Waals surface area (Å²) >= 11 is 9.39. The number of nitrogens with one attached hydrogen (secondary N) is 1. The minimum Gasteiger partial charge on any atom is -0.309 e. The van der Waals surface area contributed by atoms with E-state index in [0.717, 1.165) is 0 Å². The van der Waals surface area contributed by atoms with E-state index in [0.29, 0.717) is 4.86 Å². The van der Waals surface area contributed by atoms with Gasteiger partial charge >= 0.3 is 0 Å². The van der Waals surface area contributed by atoms with E-state index in [2.05, 4.69) is 5.32 Å². The largest absolute Gasteiger partial charge is 0.309 e. The van der Waals surface area contributed by atoms with Gasteiger partial charge in [-0.15, -0.1) is 0 Å². The molecule has 0 unspecified atom stereocenters. The predicted molar refractivity (Wildman–Crippen MR) is 54.3 cm³/mol.